The van der Waals surface area contributed by atoms with E-state index >= 15 is 0 Å². The Kier molecular flexibility index (Phi) is 8.50. The highest BCUT2D eigenvalue weighted by atomic mass is 16.5. The van der Waals surface area contributed by atoms with Gasteiger partial charge in [0.2, 0.25) is 11.8 Å². The van der Waals surface area contributed by atoms with E-state index < -0.39 is 6.10 Å². The van der Waals surface area contributed by atoms with Crippen LogP contribution in [0.4, 0.5) is 0 Å². The van der Waals surface area contributed by atoms with Crippen molar-refractivity contribution in [3.63, 3.8) is 0 Å². The third-order valence-corrected chi connectivity index (χ3v) is 4.50. The van der Waals surface area contributed by atoms with Gasteiger partial charge >= 0.3 is 0 Å². The summed E-state index contributed by atoms with van der Waals surface area (Å²) in [5.41, 5.74) is 0.895. The lowest BCUT2D eigenvalue weighted by molar-refractivity contribution is -0.137. The van der Waals surface area contributed by atoms with Crippen LogP contribution in [-0.2, 0) is 25.6 Å². The third-order valence-electron chi connectivity index (χ3n) is 4.50. The highest BCUT2D eigenvalue weighted by molar-refractivity contribution is 5.77. The van der Waals surface area contributed by atoms with Crippen molar-refractivity contribution in [3.8, 4) is 5.75 Å². The summed E-state index contributed by atoms with van der Waals surface area (Å²) in [6.45, 7) is 0.107. The van der Waals surface area contributed by atoms with E-state index in [-0.39, 0.29) is 43.6 Å². The van der Waals surface area contributed by atoms with Gasteiger partial charge in [0.05, 0.1) is 32.3 Å². The van der Waals surface area contributed by atoms with E-state index in [2.05, 4.69) is 10.6 Å². The van der Waals surface area contributed by atoms with Crippen LogP contribution in [0.25, 0.3) is 0 Å². The molecule has 0 unspecified atom stereocenters. The van der Waals surface area contributed by atoms with Crippen molar-refractivity contribution in [1.82, 2.24) is 10.6 Å². The molecular weight excluding hydrogens is 352 g/mol. The minimum atomic E-state index is -0.536. The molecule has 0 aromatic heterocycles. The van der Waals surface area contributed by atoms with Crippen molar-refractivity contribution in [3.05, 3.63) is 29.8 Å². The molecule has 8 heteroatoms. The molecule has 2 amide bonds. The van der Waals surface area contributed by atoms with Gasteiger partial charge in [-0.2, -0.15) is 0 Å². The van der Waals surface area contributed by atoms with Gasteiger partial charge in [0.25, 0.3) is 0 Å². The van der Waals surface area contributed by atoms with E-state index in [9.17, 15) is 14.7 Å². The fourth-order valence-electron chi connectivity index (χ4n) is 3.15. The maximum absolute atomic E-state index is 12.2. The van der Waals surface area contributed by atoms with Crippen LogP contribution in [0.3, 0.4) is 0 Å². The van der Waals surface area contributed by atoms with Crippen molar-refractivity contribution < 1.29 is 28.9 Å². The van der Waals surface area contributed by atoms with Gasteiger partial charge in [-0.3, -0.25) is 9.59 Å². The van der Waals surface area contributed by atoms with E-state index in [0.29, 0.717) is 19.4 Å². The molecule has 8 nitrogen and oxygen atoms in total. The number of amides is 2. The molecule has 0 bridgehead atoms. The fraction of sp³-hybridized carbons (Fsp3) is 0.579. The van der Waals surface area contributed by atoms with Crippen molar-refractivity contribution in [2.45, 2.75) is 44.1 Å². The van der Waals surface area contributed by atoms with Gasteiger partial charge in [-0.1, -0.05) is 18.2 Å². The Hall–Kier alpha value is -2.16. The number of benzene rings is 1. The predicted molar refractivity (Wildman–Crippen MR) is 98.2 cm³/mol. The van der Waals surface area contributed by atoms with E-state index in [1.165, 1.54) is 7.11 Å². The molecule has 2 rings (SSSR count). The van der Waals surface area contributed by atoms with Gasteiger partial charge in [-0.05, 0) is 18.9 Å². The number of aliphatic hydroxyl groups is 1. The highest BCUT2D eigenvalue weighted by Crippen LogP contribution is 2.22. The first-order valence-electron chi connectivity index (χ1n) is 9.00. The number of carbonyl (C=O) groups is 2. The molecule has 1 aromatic rings. The molecule has 0 radical (unpaired) electrons. The number of methoxy groups -OCH3 is 2. The second-order valence-electron chi connectivity index (χ2n) is 6.46. The first-order chi connectivity index (χ1) is 13.1. The van der Waals surface area contributed by atoms with Crippen LogP contribution in [0.2, 0.25) is 0 Å². The Morgan fingerprint density at radius 2 is 2.00 bits per heavy atom. The lowest BCUT2D eigenvalue weighted by Gasteiger charge is -2.35. The van der Waals surface area contributed by atoms with Crippen LogP contribution in [0.1, 0.15) is 24.8 Å². The minimum absolute atomic E-state index is 0.0383. The monoisotopic (exact) mass is 380 g/mol. The molecule has 3 N–H and O–H groups in total. The van der Waals surface area contributed by atoms with Gasteiger partial charge in [0, 0.05) is 19.2 Å². The van der Waals surface area contributed by atoms with Gasteiger partial charge in [-0.25, -0.2) is 0 Å². The second kappa shape index (κ2) is 10.9. The number of aliphatic hydroxyl groups excluding tert-OH is 1. The van der Waals surface area contributed by atoms with Crippen LogP contribution < -0.4 is 15.4 Å². The Morgan fingerprint density at radius 1 is 1.22 bits per heavy atom. The summed E-state index contributed by atoms with van der Waals surface area (Å²) in [5, 5.41) is 15.2. The lowest BCUT2D eigenvalue weighted by atomic mass is 9.97. The summed E-state index contributed by atoms with van der Waals surface area (Å²) in [6, 6.07) is 7.21. The zero-order valence-electron chi connectivity index (χ0n) is 15.8. The topological polar surface area (TPSA) is 106 Å². The molecule has 150 valence electrons. The quantitative estimate of drug-likeness (QED) is 0.572. The Morgan fingerprint density at radius 3 is 2.70 bits per heavy atom. The van der Waals surface area contributed by atoms with Crippen LogP contribution in [0.15, 0.2) is 24.3 Å². The molecule has 0 aliphatic carbocycles. The largest absolute Gasteiger partial charge is 0.496 e. The lowest BCUT2D eigenvalue weighted by Crippen LogP contribution is -2.52. The van der Waals surface area contributed by atoms with E-state index in [1.54, 1.807) is 7.11 Å². The van der Waals surface area contributed by atoms with Crippen molar-refractivity contribution in [1.29, 1.82) is 0 Å². The average molecular weight is 380 g/mol. The van der Waals surface area contributed by atoms with Crippen LogP contribution in [0.5, 0.6) is 5.75 Å². The maximum atomic E-state index is 12.2. The number of para-hydroxylation sites is 1. The fourth-order valence-corrected chi connectivity index (χ4v) is 3.15. The summed E-state index contributed by atoms with van der Waals surface area (Å²) in [7, 11) is 3.04. The van der Waals surface area contributed by atoms with E-state index in [0.717, 1.165) is 11.3 Å². The molecule has 1 aliphatic heterocycles. The van der Waals surface area contributed by atoms with Gasteiger partial charge < -0.3 is 30.0 Å². The minimum Gasteiger partial charge on any atom is -0.496 e. The van der Waals surface area contributed by atoms with Gasteiger partial charge in [0.1, 0.15) is 18.5 Å². The summed E-state index contributed by atoms with van der Waals surface area (Å²) in [4.78, 5) is 23.9. The number of nitrogens with one attached hydrogen (secondary N) is 2. The number of hydrogen-bond acceptors (Lipinski definition) is 6. The number of rotatable bonds is 9. The zero-order valence-corrected chi connectivity index (χ0v) is 15.8. The summed E-state index contributed by atoms with van der Waals surface area (Å²) in [6.07, 6.45) is 0.619. The zero-order chi connectivity index (χ0) is 19.6. The number of ether oxygens (including phenoxy) is 3. The van der Waals surface area contributed by atoms with Crippen molar-refractivity contribution >= 4 is 11.8 Å². The molecule has 1 heterocycles. The molecule has 0 spiro atoms. The Bertz CT molecular complexity index is 624. The van der Waals surface area contributed by atoms with Gasteiger partial charge in [0.15, 0.2) is 0 Å². The Labute approximate surface area is 159 Å². The normalized spacial score (nSPS) is 22.1. The molecule has 27 heavy (non-hydrogen) atoms. The molecule has 1 aromatic carbocycles. The Balaban J connectivity index is 1.80. The molecular formula is C19H28N2O6. The molecule has 3 atom stereocenters. The van der Waals surface area contributed by atoms with E-state index in [1.807, 2.05) is 24.3 Å². The maximum Gasteiger partial charge on any atom is 0.246 e. The highest BCUT2D eigenvalue weighted by Gasteiger charge is 2.32. The molecule has 1 saturated heterocycles. The van der Waals surface area contributed by atoms with E-state index in [4.69, 9.17) is 14.2 Å². The third kappa shape index (κ3) is 6.50. The van der Waals surface area contributed by atoms with Crippen LogP contribution in [0, 0.1) is 0 Å². The first kappa shape index (κ1) is 21.1. The summed E-state index contributed by atoms with van der Waals surface area (Å²) >= 11 is 0. The summed E-state index contributed by atoms with van der Waals surface area (Å²) in [5.74, 6) is 0.337. The van der Waals surface area contributed by atoms with Crippen molar-refractivity contribution in [2.75, 3.05) is 27.4 Å². The summed E-state index contributed by atoms with van der Waals surface area (Å²) < 4.78 is 15.9. The number of hydrogen-bond donors (Lipinski definition) is 3. The van der Waals surface area contributed by atoms with Crippen molar-refractivity contribution in [2.24, 2.45) is 0 Å². The predicted octanol–water partition coefficient (Wildman–Crippen LogP) is 0.373. The number of carbonyl (C=O) groups excluding carboxylic acids is 2. The van der Waals surface area contributed by atoms with Crippen LogP contribution in [-0.4, -0.2) is 62.6 Å². The van der Waals surface area contributed by atoms with Gasteiger partial charge in [-0.15, -0.1) is 0 Å². The first-order valence-corrected chi connectivity index (χ1v) is 9.00. The second-order valence-corrected chi connectivity index (χ2v) is 6.46. The molecule has 0 saturated carbocycles. The molecule has 1 aliphatic rings. The molecule has 1 fully saturated rings. The van der Waals surface area contributed by atoms with Crippen LogP contribution >= 0.6 is 0 Å². The standard InChI is InChI=1S/C19H28N2O6/c1-25-12-19(24)21-15-8-7-14(27-17(15)11-22)9-18(23)20-10-13-5-3-4-6-16(13)26-2/h3-6,14-15,17,22H,7-12H2,1-2H3,(H,20,23)(H,21,24)/t14-,15-,17-/m0/s1. The SMILES string of the molecule is COCC(=O)N[C@H]1CC[C@@H](CC(=O)NCc2ccccc2OC)O[C@H]1CO. The average Bonchev–Trinajstić information content (AvgIpc) is 2.68. The smallest absolute Gasteiger partial charge is 0.246 e.